The van der Waals surface area contributed by atoms with Crippen LogP contribution in [0.25, 0.3) is 0 Å². The van der Waals surface area contributed by atoms with E-state index in [-0.39, 0.29) is 5.92 Å². The van der Waals surface area contributed by atoms with Crippen LogP contribution in [0, 0.1) is 0 Å². The normalized spacial score (nSPS) is 12.4. The number of nitrogens with zero attached hydrogens (tertiary/aromatic N) is 2. The van der Waals surface area contributed by atoms with Crippen LogP contribution in [-0.2, 0) is 11.5 Å². The summed E-state index contributed by atoms with van der Waals surface area (Å²) in [5, 5.41) is -0.808. The van der Waals surface area contributed by atoms with Crippen LogP contribution < -0.4 is 0 Å². The Hall–Kier alpha value is -3.89. The van der Waals surface area contributed by atoms with Crippen LogP contribution in [0.4, 0.5) is 0 Å². The van der Waals surface area contributed by atoms with Crippen molar-refractivity contribution >= 4 is 17.4 Å². The molecule has 0 aliphatic heterocycles. The summed E-state index contributed by atoms with van der Waals surface area (Å²) in [5.41, 5.74) is 6.17. The highest BCUT2D eigenvalue weighted by molar-refractivity contribution is 6.34. The van der Waals surface area contributed by atoms with Crippen LogP contribution in [0.2, 0.25) is 6.04 Å². The van der Waals surface area contributed by atoms with Gasteiger partial charge in [-0.3, -0.25) is 0 Å². The maximum atomic E-state index is 7.25. The zero-order chi connectivity index (χ0) is 26.2. The topological polar surface area (TPSA) is 17.8 Å². The minimum atomic E-state index is -0.808. The lowest BCUT2D eigenvalue weighted by Gasteiger charge is -2.32. The van der Waals surface area contributed by atoms with Gasteiger partial charge in [0.2, 0.25) is 0 Å². The molecular weight excluding hydrogens is 475 g/mol. The summed E-state index contributed by atoms with van der Waals surface area (Å²) < 4.78 is 2.28. The molecule has 0 amide bonds. The zero-order valence-corrected chi connectivity index (χ0v) is 23.4. The zero-order valence-electron chi connectivity index (χ0n) is 21.9. The maximum absolute atomic E-state index is 7.25. The Balaban J connectivity index is 1.36. The molecule has 4 aromatic carbocycles. The molecule has 0 N–H and O–H groups in total. The summed E-state index contributed by atoms with van der Waals surface area (Å²) in [6.07, 6.45) is 7.42. The van der Waals surface area contributed by atoms with E-state index in [1.54, 1.807) is 0 Å². The summed E-state index contributed by atoms with van der Waals surface area (Å²) >= 11 is 0. The van der Waals surface area contributed by atoms with E-state index >= 15 is 0 Å². The number of hydrogen-bond donors (Lipinski definition) is 0. The number of imidazole rings is 1. The molecule has 38 heavy (non-hydrogen) atoms. The van der Waals surface area contributed by atoms with Crippen LogP contribution in [0.5, 0.6) is 0 Å². The average Bonchev–Trinajstić information content (AvgIpc) is 3.46. The fraction of sp³-hybridized carbons (Fsp3) is 0.147. The van der Waals surface area contributed by atoms with Crippen molar-refractivity contribution in [2.75, 3.05) is 0 Å². The molecule has 0 aliphatic rings. The predicted octanol–water partition coefficient (Wildman–Crippen LogP) is 6.67. The first kappa shape index (κ1) is 25.7. The van der Waals surface area contributed by atoms with E-state index in [0.717, 1.165) is 29.2 Å². The van der Waals surface area contributed by atoms with Gasteiger partial charge in [0.05, 0.1) is 7.85 Å². The Kier molecular flexibility index (Phi) is 8.20. The fourth-order valence-electron chi connectivity index (χ4n) is 5.38. The second-order valence-electron chi connectivity index (χ2n) is 9.83. The maximum Gasteiger partial charge on any atom is 0.114 e. The van der Waals surface area contributed by atoms with E-state index in [2.05, 4.69) is 109 Å². The highest BCUT2D eigenvalue weighted by atomic mass is 28.2. The van der Waals surface area contributed by atoms with Crippen molar-refractivity contribution in [2.45, 2.75) is 30.4 Å². The summed E-state index contributed by atoms with van der Waals surface area (Å²) in [6.45, 7) is 2.28. The fourth-order valence-corrected chi connectivity index (χ4v) is 6.93. The van der Waals surface area contributed by atoms with Crippen LogP contribution in [0.1, 0.15) is 40.9 Å². The van der Waals surface area contributed by atoms with Gasteiger partial charge in [0.15, 0.2) is 0 Å². The Labute approximate surface area is 230 Å². The first-order valence-corrected chi connectivity index (χ1v) is 15.4. The van der Waals surface area contributed by atoms with Gasteiger partial charge in [-0.1, -0.05) is 133 Å². The van der Waals surface area contributed by atoms with Gasteiger partial charge in [0.1, 0.15) is 5.82 Å². The first-order valence-electron chi connectivity index (χ1n) is 13.4. The van der Waals surface area contributed by atoms with Crippen LogP contribution >= 0.6 is 0 Å². The van der Waals surface area contributed by atoms with E-state index in [1.807, 2.05) is 42.6 Å². The second-order valence-corrected chi connectivity index (χ2v) is 11.6. The Morgan fingerprint density at radius 1 is 0.789 bits per heavy atom. The Morgan fingerprint density at radius 2 is 1.26 bits per heavy atom. The molecule has 5 rings (SSSR count). The van der Waals surface area contributed by atoms with Crippen molar-refractivity contribution in [1.82, 2.24) is 9.55 Å². The SMILES string of the molecule is [B]C(c1ccccc1)(c1ccccc1)c1nccn1C[SiH2]CC=C(C)C(c1ccccc1)c1ccccc1. The Morgan fingerprint density at radius 3 is 1.76 bits per heavy atom. The van der Waals surface area contributed by atoms with Gasteiger partial charge < -0.3 is 4.57 Å². The first-order chi connectivity index (χ1) is 18.7. The minimum Gasteiger partial charge on any atom is -0.338 e. The predicted molar refractivity (Wildman–Crippen MR) is 163 cm³/mol. The molecule has 4 heteroatoms. The van der Waals surface area contributed by atoms with Gasteiger partial charge in [-0.25, -0.2) is 4.98 Å². The van der Waals surface area contributed by atoms with Gasteiger partial charge in [0.25, 0.3) is 0 Å². The Bertz CT molecular complexity index is 1370. The van der Waals surface area contributed by atoms with Crippen molar-refractivity contribution in [3.8, 4) is 0 Å². The number of hydrogen-bond acceptors (Lipinski definition) is 1. The molecule has 186 valence electrons. The molecule has 0 aliphatic carbocycles. The standard InChI is InChI=1S/C34H33BN2Si/c1-27(32(28-14-6-2-7-15-28)29-16-8-3-9-17-29)22-25-38-26-37-24-23-36-33(37)34(35,30-18-10-4-11-19-30)31-20-12-5-13-21-31/h2-24,32H,25-26,38H2,1H3. The molecule has 2 nitrogen and oxygen atoms in total. The van der Waals surface area contributed by atoms with Gasteiger partial charge >= 0.3 is 0 Å². The molecule has 0 fully saturated rings. The third-order valence-electron chi connectivity index (χ3n) is 7.32. The molecule has 0 spiro atoms. The molecule has 5 aromatic rings. The third kappa shape index (κ3) is 5.51. The summed E-state index contributed by atoms with van der Waals surface area (Å²) in [6, 6.07) is 43.4. The van der Waals surface area contributed by atoms with Crippen LogP contribution in [0.15, 0.2) is 145 Å². The van der Waals surface area contributed by atoms with Crippen LogP contribution in [0.3, 0.4) is 0 Å². The van der Waals surface area contributed by atoms with Crippen molar-refractivity contribution < 1.29 is 0 Å². The summed E-state index contributed by atoms with van der Waals surface area (Å²) in [5.74, 6) is 1.18. The average molecular weight is 509 g/mol. The highest BCUT2D eigenvalue weighted by Crippen LogP contribution is 2.35. The molecule has 1 heterocycles. The largest absolute Gasteiger partial charge is 0.338 e. The lowest BCUT2D eigenvalue weighted by atomic mass is 9.59. The van der Waals surface area contributed by atoms with Crippen molar-refractivity contribution in [2.24, 2.45) is 0 Å². The van der Waals surface area contributed by atoms with Crippen molar-refractivity contribution in [3.63, 3.8) is 0 Å². The van der Waals surface area contributed by atoms with Crippen molar-refractivity contribution in [3.05, 3.63) is 173 Å². The molecule has 0 saturated heterocycles. The lowest BCUT2D eigenvalue weighted by molar-refractivity contribution is 0.700. The molecule has 1 aromatic heterocycles. The monoisotopic (exact) mass is 508 g/mol. The molecule has 0 unspecified atom stereocenters. The molecule has 0 saturated carbocycles. The number of benzene rings is 4. The van der Waals surface area contributed by atoms with E-state index in [4.69, 9.17) is 12.8 Å². The van der Waals surface area contributed by atoms with Crippen molar-refractivity contribution in [1.29, 1.82) is 0 Å². The third-order valence-corrected chi connectivity index (χ3v) is 8.81. The molecule has 2 radical (unpaired) electrons. The highest BCUT2D eigenvalue weighted by Gasteiger charge is 2.34. The van der Waals surface area contributed by atoms with Gasteiger partial charge in [-0.05, 0) is 35.2 Å². The van der Waals surface area contributed by atoms with E-state index < -0.39 is 14.8 Å². The summed E-state index contributed by atoms with van der Waals surface area (Å²) in [4.78, 5) is 4.81. The van der Waals surface area contributed by atoms with E-state index in [9.17, 15) is 0 Å². The minimum absolute atomic E-state index is 0.281. The smallest absolute Gasteiger partial charge is 0.114 e. The number of allylic oxidation sites excluding steroid dienone is 2. The quantitative estimate of drug-likeness (QED) is 0.117. The second kappa shape index (κ2) is 12.1. The molecule has 0 atom stereocenters. The van der Waals surface area contributed by atoms with Crippen LogP contribution in [-0.4, -0.2) is 26.9 Å². The molecular formula is C34H33BN2Si. The number of rotatable bonds is 10. The van der Waals surface area contributed by atoms with Gasteiger partial charge in [-0.15, -0.1) is 0 Å². The number of aromatic nitrogens is 2. The summed E-state index contributed by atoms with van der Waals surface area (Å²) in [7, 11) is 6.81. The van der Waals surface area contributed by atoms with E-state index in [1.165, 1.54) is 16.7 Å². The molecule has 0 bridgehead atoms. The van der Waals surface area contributed by atoms with E-state index in [0.29, 0.717) is 0 Å². The lowest BCUT2D eigenvalue weighted by Crippen LogP contribution is -2.34. The van der Waals surface area contributed by atoms with Gasteiger partial charge in [0, 0.05) is 39.3 Å². The van der Waals surface area contributed by atoms with Gasteiger partial charge in [-0.2, -0.15) is 0 Å².